The first-order chi connectivity index (χ1) is 13.8. The van der Waals surface area contributed by atoms with Gasteiger partial charge in [-0.3, -0.25) is 24.5 Å². The molecule has 1 aliphatic heterocycles. The normalized spacial score (nSPS) is 15.8. The topological polar surface area (TPSA) is 119 Å². The molecular weight excluding hydrogens is 446 g/mol. The number of rotatable bonds is 6. The highest BCUT2D eigenvalue weighted by Crippen LogP contribution is 2.28. The molecule has 150 valence electrons. The molecule has 0 radical (unpaired) electrons. The molecule has 0 bridgehead atoms. The van der Waals surface area contributed by atoms with Crippen molar-refractivity contribution in [2.75, 3.05) is 23.4 Å². The Labute approximate surface area is 173 Å². The van der Waals surface area contributed by atoms with Crippen molar-refractivity contribution in [3.8, 4) is 0 Å². The Hall–Kier alpha value is -3.27. The van der Waals surface area contributed by atoms with E-state index >= 15 is 0 Å². The van der Waals surface area contributed by atoms with Gasteiger partial charge in [0, 0.05) is 35.3 Å². The van der Waals surface area contributed by atoms with Gasteiger partial charge in [-0.1, -0.05) is 22.0 Å². The zero-order valence-corrected chi connectivity index (χ0v) is 16.6. The summed E-state index contributed by atoms with van der Waals surface area (Å²) in [4.78, 5) is 48.1. The quantitative estimate of drug-likeness (QED) is 0.401. The Balaban J connectivity index is 1.55. The van der Waals surface area contributed by atoms with Gasteiger partial charge >= 0.3 is 5.97 Å². The maximum atomic E-state index is 12.2. The van der Waals surface area contributed by atoms with Crippen molar-refractivity contribution in [3.63, 3.8) is 0 Å². The number of hydrogen-bond donors (Lipinski definition) is 1. The molecule has 2 amide bonds. The molecule has 29 heavy (non-hydrogen) atoms. The summed E-state index contributed by atoms with van der Waals surface area (Å²) in [6, 6.07) is 12.5. The second-order valence-corrected chi connectivity index (χ2v) is 7.26. The Morgan fingerprint density at radius 1 is 1.24 bits per heavy atom. The number of hydrogen-bond acceptors (Lipinski definition) is 6. The molecule has 10 heteroatoms. The van der Waals surface area contributed by atoms with Gasteiger partial charge < -0.3 is 15.0 Å². The lowest BCUT2D eigenvalue weighted by atomic mass is 10.1. The van der Waals surface area contributed by atoms with Gasteiger partial charge in [0.05, 0.1) is 16.5 Å². The zero-order valence-electron chi connectivity index (χ0n) is 15.0. The number of carbonyl (C=O) groups is 3. The number of amides is 2. The fraction of sp³-hybridized carbons (Fsp3) is 0.211. The van der Waals surface area contributed by atoms with E-state index in [2.05, 4.69) is 21.2 Å². The van der Waals surface area contributed by atoms with Crippen LogP contribution in [0, 0.1) is 16.0 Å². The lowest BCUT2D eigenvalue weighted by Gasteiger charge is -2.16. The highest BCUT2D eigenvalue weighted by molar-refractivity contribution is 9.10. The van der Waals surface area contributed by atoms with Crippen molar-refractivity contribution >= 4 is 50.8 Å². The van der Waals surface area contributed by atoms with Crippen LogP contribution in [-0.2, 0) is 19.1 Å². The van der Waals surface area contributed by atoms with Gasteiger partial charge in [0.1, 0.15) is 0 Å². The maximum Gasteiger partial charge on any atom is 0.311 e. The van der Waals surface area contributed by atoms with E-state index in [1.807, 2.05) is 0 Å². The molecule has 2 aromatic rings. The van der Waals surface area contributed by atoms with Gasteiger partial charge in [-0.05, 0) is 30.3 Å². The highest BCUT2D eigenvalue weighted by atomic mass is 79.9. The monoisotopic (exact) mass is 461 g/mol. The van der Waals surface area contributed by atoms with E-state index in [1.165, 1.54) is 23.1 Å². The molecule has 1 heterocycles. The van der Waals surface area contributed by atoms with Gasteiger partial charge in [-0.15, -0.1) is 0 Å². The Kier molecular flexibility index (Phi) is 6.23. The maximum absolute atomic E-state index is 12.2. The van der Waals surface area contributed by atoms with Crippen molar-refractivity contribution < 1.29 is 24.0 Å². The van der Waals surface area contributed by atoms with E-state index in [9.17, 15) is 24.5 Å². The van der Waals surface area contributed by atoms with Crippen LogP contribution in [0.3, 0.4) is 0 Å². The third kappa shape index (κ3) is 5.17. The van der Waals surface area contributed by atoms with Crippen molar-refractivity contribution in [1.82, 2.24) is 0 Å². The summed E-state index contributed by atoms with van der Waals surface area (Å²) in [6.07, 6.45) is -0.0874. The minimum absolute atomic E-state index is 0.0349. The number of carbonyl (C=O) groups excluding carboxylic acids is 3. The number of nitro benzene ring substituents is 1. The molecule has 9 nitrogen and oxygen atoms in total. The van der Waals surface area contributed by atoms with Crippen LogP contribution < -0.4 is 10.2 Å². The first-order valence-corrected chi connectivity index (χ1v) is 9.39. The van der Waals surface area contributed by atoms with Crippen LogP contribution in [0.4, 0.5) is 17.1 Å². The second-order valence-electron chi connectivity index (χ2n) is 6.35. The first kappa shape index (κ1) is 20.5. The molecule has 0 unspecified atom stereocenters. The van der Waals surface area contributed by atoms with Crippen LogP contribution in [0.1, 0.15) is 6.42 Å². The van der Waals surface area contributed by atoms with Crippen LogP contribution in [0.15, 0.2) is 53.0 Å². The van der Waals surface area contributed by atoms with Gasteiger partial charge in [-0.2, -0.15) is 0 Å². The molecule has 1 atom stereocenters. The predicted molar refractivity (Wildman–Crippen MR) is 107 cm³/mol. The van der Waals surface area contributed by atoms with Crippen LogP contribution in [-0.4, -0.2) is 35.9 Å². The number of halogens is 1. The van der Waals surface area contributed by atoms with Crippen molar-refractivity contribution in [2.45, 2.75) is 6.42 Å². The SMILES string of the molecule is O=C(COC(=O)[C@@H]1CC(=O)N(c2cccc([N+](=O)[O-])c2)C1)Nc1ccc(Br)cc1. The van der Waals surface area contributed by atoms with Crippen LogP contribution in [0.25, 0.3) is 0 Å². The minimum Gasteiger partial charge on any atom is -0.455 e. The van der Waals surface area contributed by atoms with Crippen LogP contribution in [0.5, 0.6) is 0 Å². The lowest BCUT2D eigenvalue weighted by molar-refractivity contribution is -0.384. The summed E-state index contributed by atoms with van der Waals surface area (Å²) in [6.45, 7) is -0.441. The molecule has 1 fully saturated rings. The number of nitrogens with zero attached hydrogens (tertiary/aromatic N) is 2. The summed E-state index contributed by atoms with van der Waals surface area (Å²) in [7, 11) is 0. The van der Waals surface area contributed by atoms with E-state index < -0.39 is 29.3 Å². The molecule has 1 N–H and O–H groups in total. The summed E-state index contributed by atoms with van der Waals surface area (Å²) in [5, 5.41) is 13.5. The number of ether oxygens (including phenoxy) is 1. The molecule has 0 aliphatic carbocycles. The van der Waals surface area contributed by atoms with Crippen LogP contribution >= 0.6 is 15.9 Å². The summed E-state index contributed by atoms with van der Waals surface area (Å²) in [5.41, 5.74) is 0.751. The van der Waals surface area contributed by atoms with E-state index in [0.29, 0.717) is 11.4 Å². The standard InChI is InChI=1S/C19H16BrN3O6/c20-13-4-6-14(7-5-13)21-17(24)11-29-19(26)12-8-18(25)22(10-12)15-2-1-3-16(9-15)23(27)28/h1-7,9,12H,8,10-11H2,(H,21,24)/t12-/m1/s1. The fourth-order valence-electron chi connectivity index (χ4n) is 2.87. The number of nitro groups is 1. The summed E-state index contributed by atoms with van der Waals surface area (Å²) < 4.78 is 5.89. The molecule has 0 saturated carbocycles. The summed E-state index contributed by atoms with van der Waals surface area (Å²) in [5.74, 6) is -2.26. The molecule has 1 saturated heterocycles. The number of anilines is 2. The Morgan fingerprint density at radius 2 is 1.97 bits per heavy atom. The van der Waals surface area contributed by atoms with Crippen molar-refractivity contribution in [1.29, 1.82) is 0 Å². The van der Waals surface area contributed by atoms with Crippen molar-refractivity contribution in [2.24, 2.45) is 5.92 Å². The molecule has 3 rings (SSSR count). The third-order valence-corrected chi connectivity index (χ3v) is 4.81. The average molecular weight is 462 g/mol. The molecule has 0 aromatic heterocycles. The van der Waals surface area contributed by atoms with E-state index in [0.717, 1.165) is 4.47 Å². The largest absolute Gasteiger partial charge is 0.455 e. The van der Waals surface area contributed by atoms with E-state index in [4.69, 9.17) is 4.74 Å². The molecule has 0 spiro atoms. The molecular formula is C19H16BrN3O6. The number of nitrogens with one attached hydrogen (secondary N) is 1. The van der Waals surface area contributed by atoms with Gasteiger partial charge in [0.25, 0.3) is 11.6 Å². The molecule has 1 aliphatic rings. The second kappa shape index (κ2) is 8.82. The first-order valence-electron chi connectivity index (χ1n) is 8.60. The predicted octanol–water partition coefficient (Wildman–Crippen LogP) is 2.89. The van der Waals surface area contributed by atoms with Crippen LogP contribution in [0.2, 0.25) is 0 Å². The highest BCUT2D eigenvalue weighted by Gasteiger charge is 2.36. The van der Waals surface area contributed by atoms with E-state index in [-0.39, 0.29) is 24.6 Å². The van der Waals surface area contributed by atoms with E-state index in [1.54, 1.807) is 30.3 Å². The fourth-order valence-corrected chi connectivity index (χ4v) is 3.14. The summed E-state index contributed by atoms with van der Waals surface area (Å²) >= 11 is 3.29. The smallest absolute Gasteiger partial charge is 0.311 e. The third-order valence-electron chi connectivity index (χ3n) is 4.28. The van der Waals surface area contributed by atoms with Gasteiger partial charge in [-0.25, -0.2) is 0 Å². The average Bonchev–Trinajstić information content (AvgIpc) is 3.10. The number of esters is 1. The number of non-ortho nitro benzene ring substituents is 1. The van der Waals surface area contributed by atoms with Gasteiger partial charge in [0.2, 0.25) is 5.91 Å². The zero-order chi connectivity index (χ0) is 21.0. The molecule has 2 aromatic carbocycles. The number of benzene rings is 2. The lowest BCUT2D eigenvalue weighted by Crippen LogP contribution is -2.28. The Morgan fingerprint density at radius 3 is 2.66 bits per heavy atom. The van der Waals surface area contributed by atoms with Crippen molar-refractivity contribution in [3.05, 3.63) is 63.1 Å². The van der Waals surface area contributed by atoms with Gasteiger partial charge in [0.15, 0.2) is 6.61 Å². The Bertz CT molecular complexity index is 963. The minimum atomic E-state index is -0.748.